The summed E-state index contributed by atoms with van der Waals surface area (Å²) < 4.78 is 11.6. The Morgan fingerprint density at radius 1 is 1.11 bits per heavy atom. The topological polar surface area (TPSA) is 51.4 Å². The third-order valence-electron chi connectivity index (χ3n) is 7.04. The van der Waals surface area contributed by atoms with Gasteiger partial charge in [0.1, 0.15) is 12.1 Å². The molecule has 0 bridgehead atoms. The van der Waals surface area contributed by atoms with Crippen LogP contribution in [-0.2, 0) is 11.2 Å². The number of rotatable bonds is 9. The molecular formula is C30H32ClN3O2. The van der Waals surface area contributed by atoms with Gasteiger partial charge in [0.15, 0.2) is 0 Å². The summed E-state index contributed by atoms with van der Waals surface area (Å²) in [4.78, 5) is 11.9. The van der Waals surface area contributed by atoms with Crippen LogP contribution in [0.4, 0.5) is 0 Å². The second kappa shape index (κ2) is 11.3. The molecule has 1 saturated heterocycles. The van der Waals surface area contributed by atoms with Crippen LogP contribution in [0.3, 0.4) is 0 Å². The minimum absolute atomic E-state index is 0.538. The molecule has 2 aromatic carbocycles. The fourth-order valence-corrected chi connectivity index (χ4v) is 5.36. The second-order valence-corrected chi connectivity index (χ2v) is 9.98. The van der Waals surface area contributed by atoms with Gasteiger partial charge in [-0.15, -0.1) is 0 Å². The molecule has 5 rings (SSSR count). The van der Waals surface area contributed by atoms with Crippen molar-refractivity contribution >= 4 is 22.7 Å². The van der Waals surface area contributed by atoms with Crippen molar-refractivity contribution in [2.75, 3.05) is 26.7 Å². The Kier molecular flexibility index (Phi) is 7.69. The molecular weight excluding hydrogens is 470 g/mol. The van der Waals surface area contributed by atoms with E-state index in [2.05, 4.69) is 28.6 Å². The van der Waals surface area contributed by atoms with E-state index in [1.807, 2.05) is 42.5 Å². The number of methoxy groups -OCH3 is 1. The van der Waals surface area contributed by atoms with E-state index in [4.69, 9.17) is 25.7 Å². The van der Waals surface area contributed by atoms with Crippen LogP contribution >= 0.6 is 11.6 Å². The van der Waals surface area contributed by atoms with Gasteiger partial charge in [0.25, 0.3) is 0 Å². The summed E-state index contributed by atoms with van der Waals surface area (Å²) in [5, 5.41) is 1.72. The average molecular weight is 502 g/mol. The van der Waals surface area contributed by atoms with Crippen molar-refractivity contribution in [1.29, 1.82) is 0 Å². The van der Waals surface area contributed by atoms with Crippen LogP contribution in [0.15, 0.2) is 77.7 Å². The molecule has 4 aromatic rings. The lowest BCUT2D eigenvalue weighted by atomic mass is 9.90. The van der Waals surface area contributed by atoms with Gasteiger partial charge in [-0.25, -0.2) is 9.97 Å². The fraction of sp³-hybridized carbons (Fsp3) is 0.333. The van der Waals surface area contributed by atoms with Crippen LogP contribution in [-0.4, -0.2) is 41.6 Å². The molecule has 1 aliphatic heterocycles. The van der Waals surface area contributed by atoms with Crippen molar-refractivity contribution in [2.24, 2.45) is 5.92 Å². The first-order chi connectivity index (χ1) is 17.6. The van der Waals surface area contributed by atoms with Gasteiger partial charge in [-0.05, 0) is 62.4 Å². The molecule has 2 aromatic heterocycles. The smallest absolute Gasteiger partial charge is 0.230 e. The molecule has 1 fully saturated rings. The van der Waals surface area contributed by atoms with Gasteiger partial charge in [-0.1, -0.05) is 60.6 Å². The van der Waals surface area contributed by atoms with E-state index in [1.54, 1.807) is 13.4 Å². The van der Waals surface area contributed by atoms with Crippen molar-refractivity contribution in [2.45, 2.75) is 32.1 Å². The highest BCUT2D eigenvalue weighted by Gasteiger charge is 2.25. The number of benzene rings is 2. The van der Waals surface area contributed by atoms with Crippen LogP contribution in [0.25, 0.3) is 33.6 Å². The maximum absolute atomic E-state index is 6.39. The molecule has 3 heterocycles. The summed E-state index contributed by atoms with van der Waals surface area (Å²) in [7, 11) is 1.69. The molecule has 1 aliphatic rings. The Labute approximate surface area is 217 Å². The zero-order valence-electron chi connectivity index (χ0n) is 20.8. The predicted molar refractivity (Wildman–Crippen MR) is 146 cm³/mol. The molecule has 0 amide bonds. The van der Waals surface area contributed by atoms with E-state index in [-0.39, 0.29) is 0 Å². The standard InChI is InChI=1S/C30H32ClN3O2/c1-21(35-2)8-6-16-34-17-7-9-22(19-34)18-26-28-27(23-12-14-25(31)15-13-23)29(24-10-4-3-5-11-24)36-30(28)33-20-32-26/h3-5,10-15,20,22H,1,6-9,16-19H2,2H3/t22-/m0/s1. The quantitative estimate of drug-likeness (QED) is 0.223. The summed E-state index contributed by atoms with van der Waals surface area (Å²) >= 11 is 6.22. The molecule has 0 spiro atoms. The van der Waals surface area contributed by atoms with Crippen LogP contribution in [0.2, 0.25) is 5.02 Å². The number of halogens is 1. The minimum Gasteiger partial charge on any atom is -0.502 e. The highest BCUT2D eigenvalue weighted by molar-refractivity contribution is 6.30. The third kappa shape index (κ3) is 5.48. The van der Waals surface area contributed by atoms with Crippen LogP contribution < -0.4 is 0 Å². The van der Waals surface area contributed by atoms with Gasteiger partial charge in [0.05, 0.1) is 23.9 Å². The van der Waals surface area contributed by atoms with Gasteiger partial charge in [-0.3, -0.25) is 0 Å². The van der Waals surface area contributed by atoms with Gasteiger partial charge in [0.2, 0.25) is 5.71 Å². The zero-order chi connectivity index (χ0) is 24.9. The maximum Gasteiger partial charge on any atom is 0.230 e. The average Bonchev–Trinajstić information content (AvgIpc) is 3.30. The predicted octanol–water partition coefficient (Wildman–Crippen LogP) is 7.41. The lowest BCUT2D eigenvalue weighted by Crippen LogP contribution is -2.37. The molecule has 186 valence electrons. The highest BCUT2D eigenvalue weighted by Crippen LogP contribution is 2.42. The van der Waals surface area contributed by atoms with Crippen LogP contribution in [0.5, 0.6) is 0 Å². The Hall–Kier alpha value is -3.15. The normalized spacial score (nSPS) is 16.3. The molecule has 0 radical (unpaired) electrons. The van der Waals surface area contributed by atoms with Gasteiger partial charge in [-0.2, -0.15) is 0 Å². The van der Waals surface area contributed by atoms with E-state index < -0.39 is 0 Å². The summed E-state index contributed by atoms with van der Waals surface area (Å²) in [6.07, 6.45) is 6.92. The second-order valence-electron chi connectivity index (χ2n) is 9.54. The first-order valence-corrected chi connectivity index (χ1v) is 13.0. The molecule has 36 heavy (non-hydrogen) atoms. The number of ether oxygens (including phenoxy) is 1. The van der Waals surface area contributed by atoms with E-state index in [0.29, 0.717) is 16.7 Å². The van der Waals surface area contributed by atoms with Gasteiger partial charge < -0.3 is 14.1 Å². The van der Waals surface area contributed by atoms with Gasteiger partial charge >= 0.3 is 0 Å². The first-order valence-electron chi connectivity index (χ1n) is 12.6. The van der Waals surface area contributed by atoms with E-state index in [9.17, 15) is 0 Å². The number of hydrogen-bond acceptors (Lipinski definition) is 5. The SMILES string of the molecule is C=C(CCCN1CCC[C@@H](Cc2ncnc3oc(-c4ccccc4)c(-c4ccc(Cl)cc4)c23)C1)OC. The summed E-state index contributed by atoms with van der Waals surface area (Å²) in [5.41, 5.74) is 4.80. The Bertz CT molecular complexity index is 1320. The van der Waals surface area contributed by atoms with Crippen LogP contribution in [0, 0.1) is 5.92 Å². The fourth-order valence-electron chi connectivity index (χ4n) is 5.23. The summed E-state index contributed by atoms with van der Waals surface area (Å²) in [6, 6.07) is 18.1. The van der Waals surface area contributed by atoms with Crippen molar-refractivity contribution in [3.8, 4) is 22.5 Å². The van der Waals surface area contributed by atoms with E-state index in [0.717, 1.165) is 78.2 Å². The number of furan rings is 1. The maximum atomic E-state index is 6.39. The number of piperidine rings is 1. The van der Waals surface area contributed by atoms with E-state index >= 15 is 0 Å². The number of likely N-dealkylation sites (tertiary alicyclic amines) is 1. The van der Waals surface area contributed by atoms with E-state index in [1.165, 1.54) is 12.8 Å². The number of fused-ring (bicyclic) bond motifs is 1. The number of allylic oxidation sites excluding steroid dienone is 1. The van der Waals surface area contributed by atoms with Gasteiger partial charge in [0, 0.05) is 29.1 Å². The molecule has 5 nitrogen and oxygen atoms in total. The Morgan fingerprint density at radius 3 is 2.69 bits per heavy atom. The molecule has 0 N–H and O–H groups in total. The van der Waals surface area contributed by atoms with Crippen LogP contribution in [0.1, 0.15) is 31.4 Å². The number of hydrogen-bond donors (Lipinski definition) is 0. The molecule has 0 unspecified atom stereocenters. The molecule has 0 aliphatic carbocycles. The van der Waals surface area contributed by atoms with Crippen molar-refractivity contribution in [1.82, 2.24) is 14.9 Å². The van der Waals surface area contributed by atoms with Crippen molar-refractivity contribution in [3.05, 3.63) is 84.0 Å². The summed E-state index contributed by atoms with van der Waals surface area (Å²) in [6.45, 7) is 7.24. The lowest BCUT2D eigenvalue weighted by Gasteiger charge is -2.32. The largest absolute Gasteiger partial charge is 0.502 e. The van der Waals surface area contributed by atoms with Crippen molar-refractivity contribution in [3.63, 3.8) is 0 Å². The number of nitrogens with zero attached hydrogens (tertiary/aromatic N) is 3. The third-order valence-corrected chi connectivity index (χ3v) is 7.29. The molecule has 6 heteroatoms. The lowest BCUT2D eigenvalue weighted by molar-refractivity contribution is 0.168. The Morgan fingerprint density at radius 2 is 1.92 bits per heavy atom. The minimum atomic E-state index is 0.538. The summed E-state index contributed by atoms with van der Waals surface area (Å²) in [5.74, 6) is 2.21. The molecule has 0 saturated carbocycles. The monoisotopic (exact) mass is 501 g/mol. The zero-order valence-corrected chi connectivity index (χ0v) is 21.5. The molecule has 1 atom stereocenters. The first kappa shape index (κ1) is 24.5. The Balaban J connectivity index is 1.46. The highest BCUT2D eigenvalue weighted by atomic mass is 35.5. The number of aromatic nitrogens is 2. The van der Waals surface area contributed by atoms with Crippen molar-refractivity contribution < 1.29 is 9.15 Å².